The van der Waals surface area contributed by atoms with Crippen molar-refractivity contribution in [3.05, 3.63) is 28.8 Å². The van der Waals surface area contributed by atoms with E-state index in [9.17, 15) is 0 Å². The Morgan fingerprint density at radius 1 is 1.47 bits per heavy atom. The third kappa shape index (κ3) is 3.05. The Bertz CT molecular complexity index is 334. The van der Waals surface area contributed by atoms with Crippen molar-refractivity contribution in [2.45, 2.75) is 19.3 Å². The zero-order valence-corrected chi connectivity index (χ0v) is 10.3. The first-order chi connectivity index (χ1) is 7.25. The van der Waals surface area contributed by atoms with E-state index >= 15 is 0 Å². The van der Waals surface area contributed by atoms with Crippen molar-refractivity contribution >= 4 is 29.1 Å². The van der Waals surface area contributed by atoms with Crippen molar-refractivity contribution in [2.75, 3.05) is 17.2 Å². The molecule has 1 aliphatic heterocycles. The van der Waals surface area contributed by atoms with Crippen molar-refractivity contribution in [1.82, 2.24) is 0 Å². The van der Waals surface area contributed by atoms with Crippen LogP contribution in [0.2, 0.25) is 5.02 Å². The molecule has 15 heavy (non-hydrogen) atoms. The molecule has 0 aromatic heterocycles. The number of nitrogen functional groups attached to an aromatic ring is 1. The van der Waals surface area contributed by atoms with Gasteiger partial charge in [-0.25, -0.2) is 0 Å². The minimum atomic E-state index is 0.731. The van der Waals surface area contributed by atoms with Crippen LogP contribution in [0.4, 0.5) is 5.69 Å². The first-order valence-corrected chi connectivity index (χ1v) is 6.90. The smallest absolute Gasteiger partial charge is 0.0426 e. The van der Waals surface area contributed by atoms with Crippen LogP contribution in [-0.2, 0) is 6.42 Å². The lowest BCUT2D eigenvalue weighted by Crippen LogP contribution is -2.14. The second-order valence-corrected chi connectivity index (χ2v) is 5.72. The van der Waals surface area contributed by atoms with Gasteiger partial charge in [0.2, 0.25) is 0 Å². The molecule has 1 nitrogen and oxygen atoms in total. The Morgan fingerprint density at radius 2 is 2.33 bits per heavy atom. The van der Waals surface area contributed by atoms with E-state index in [4.69, 9.17) is 17.3 Å². The number of halogens is 1. The molecule has 0 aliphatic carbocycles. The number of thioether (sulfide) groups is 1. The molecule has 0 saturated carbocycles. The molecule has 1 unspecified atom stereocenters. The zero-order valence-electron chi connectivity index (χ0n) is 8.71. The maximum absolute atomic E-state index is 5.95. The minimum Gasteiger partial charge on any atom is -0.398 e. The predicted octanol–water partition coefficient (Wildman–Crippen LogP) is 3.61. The Hall–Kier alpha value is -0.340. The highest BCUT2D eigenvalue weighted by Crippen LogP contribution is 2.28. The normalized spacial score (nSPS) is 21.5. The van der Waals surface area contributed by atoms with Gasteiger partial charge < -0.3 is 5.73 Å². The molecule has 1 fully saturated rings. The molecule has 2 rings (SSSR count). The summed E-state index contributed by atoms with van der Waals surface area (Å²) in [4.78, 5) is 0. The predicted molar refractivity (Wildman–Crippen MR) is 69.6 cm³/mol. The molecule has 0 amide bonds. The van der Waals surface area contributed by atoms with Crippen LogP contribution in [0.1, 0.15) is 18.4 Å². The molecule has 1 aliphatic rings. The summed E-state index contributed by atoms with van der Waals surface area (Å²) in [6.45, 7) is 0. The van der Waals surface area contributed by atoms with E-state index in [0.717, 1.165) is 23.0 Å². The van der Waals surface area contributed by atoms with E-state index in [1.165, 1.54) is 29.9 Å². The molecule has 1 aromatic carbocycles. The fourth-order valence-corrected chi connectivity index (χ4v) is 3.37. The van der Waals surface area contributed by atoms with Crippen molar-refractivity contribution in [3.8, 4) is 0 Å². The first-order valence-electron chi connectivity index (χ1n) is 5.37. The van der Waals surface area contributed by atoms with E-state index in [0.29, 0.717) is 0 Å². The van der Waals surface area contributed by atoms with Gasteiger partial charge in [-0.3, -0.25) is 0 Å². The molecule has 1 atom stereocenters. The fourth-order valence-electron chi connectivity index (χ4n) is 2.03. The van der Waals surface area contributed by atoms with Crippen LogP contribution in [0, 0.1) is 5.92 Å². The fraction of sp³-hybridized carbons (Fsp3) is 0.500. The molecular formula is C12H16ClNS. The number of nitrogens with two attached hydrogens (primary N) is 1. The monoisotopic (exact) mass is 241 g/mol. The van der Waals surface area contributed by atoms with Gasteiger partial charge >= 0.3 is 0 Å². The summed E-state index contributed by atoms with van der Waals surface area (Å²) < 4.78 is 0. The summed E-state index contributed by atoms with van der Waals surface area (Å²) >= 11 is 7.94. The van der Waals surface area contributed by atoms with Gasteiger partial charge in [0.25, 0.3) is 0 Å². The molecule has 3 heteroatoms. The number of hydrogen-bond donors (Lipinski definition) is 1. The topological polar surface area (TPSA) is 26.0 Å². The van der Waals surface area contributed by atoms with Crippen molar-refractivity contribution in [1.29, 1.82) is 0 Å². The summed E-state index contributed by atoms with van der Waals surface area (Å²) in [6, 6.07) is 5.85. The average molecular weight is 242 g/mol. The summed E-state index contributed by atoms with van der Waals surface area (Å²) in [7, 11) is 0. The van der Waals surface area contributed by atoms with Crippen molar-refractivity contribution in [2.24, 2.45) is 5.92 Å². The van der Waals surface area contributed by atoms with E-state index < -0.39 is 0 Å². The summed E-state index contributed by atoms with van der Waals surface area (Å²) in [6.07, 6.45) is 3.80. The molecule has 1 heterocycles. The first kappa shape index (κ1) is 11.2. The highest BCUT2D eigenvalue weighted by molar-refractivity contribution is 7.99. The zero-order chi connectivity index (χ0) is 10.7. The number of rotatable bonds is 2. The second-order valence-electron chi connectivity index (χ2n) is 4.13. The Balaban J connectivity index is 2.03. The lowest BCUT2D eigenvalue weighted by molar-refractivity contribution is 0.522. The highest BCUT2D eigenvalue weighted by Gasteiger charge is 2.15. The second kappa shape index (κ2) is 5.13. The van der Waals surface area contributed by atoms with Gasteiger partial charge in [-0.15, -0.1) is 0 Å². The summed E-state index contributed by atoms with van der Waals surface area (Å²) in [5.74, 6) is 3.40. The van der Waals surface area contributed by atoms with Crippen LogP contribution >= 0.6 is 23.4 Å². The quantitative estimate of drug-likeness (QED) is 0.801. The largest absolute Gasteiger partial charge is 0.398 e. The van der Waals surface area contributed by atoms with Crippen LogP contribution in [0.5, 0.6) is 0 Å². The lowest BCUT2D eigenvalue weighted by atomic mass is 9.95. The van der Waals surface area contributed by atoms with Gasteiger partial charge in [0.15, 0.2) is 0 Å². The van der Waals surface area contributed by atoms with Gasteiger partial charge in [0, 0.05) is 10.7 Å². The number of hydrogen-bond acceptors (Lipinski definition) is 2. The van der Waals surface area contributed by atoms with Crippen LogP contribution in [0.15, 0.2) is 18.2 Å². The van der Waals surface area contributed by atoms with E-state index in [1.54, 1.807) is 0 Å². The number of anilines is 1. The van der Waals surface area contributed by atoms with Crippen LogP contribution in [-0.4, -0.2) is 11.5 Å². The number of benzene rings is 1. The maximum atomic E-state index is 5.95. The highest BCUT2D eigenvalue weighted by atomic mass is 35.5. The van der Waals surface area contributed by atoms with Gasteiger partial charge in [0.1, 0.15) is 0 Å². The molecule has 2 N–H and O–H groups in total. The molecule has 82 valence electrons. The third-order valence-electron chi connectivity index (χ3n) is 2.87. The third-order valence-corrected chi connectivity index (χ3v) is 4.39. The maximum Gasteiger partial charge on any atom is 0.0426 e. The molecule has 0 radical (unpaired) electrons. The van der Waals surface area contributed by atoms with Crippen molar-refractivity contribution < 1.29 is 0 Å². The van der Waals surface area contributed by atoms with Crippen LogP contribution < -0.4 is 5.73 Å². The lowest BCUT2D eigenvalue weighted by Gasteiger charge is -2.21. The van der Waals surface area contributed by atoms with Gasteiger partial charge in [-0.05, 0) is 54.4 Å². The van der Waals surface area contributed by atoms with Crippen LogP contribution in [0.25, 0.3) is 0 Å². The van der Waals surface area contributed by atoms with E-state index in [2.05, 4.69) is 17.8 Å². The van der Waals surface area contributed by atoms with Gasteiger partial charge in [-0.1, -0.05) is 17.7 Å². The Labute approximate surface area is 100 Å². The van der Waals surface area contributed by atoms with Gasteiger partial charge in [0.05, 0.1) is 0 Å². The molecule has 1 aromatic rings. The molecule has 0 spiro atoms. The van der Waals surface area contributed by atoms with Crippen molar-refractivity contribution in [3.63, 3.8) is 0 Å². The molecule has 1 saturated heterocycles. The Morgan fingerprint density at radius 3 is 3.00 bits per heavy atom. The summed E-state index contributed by atoms with van der Waals surface area (Å²) in [5.41, 5.74) is 8.05. The van der Waals surface area contributed by atoms with E-state index in [1.807, 2.05) is 12.1 Å². The molecular weight excluding hydrogens is 226 g/mol. The SMILES string of the molecule is Nc1cc(Cl)ccc1CC1CCCSC1. The summed E-state index contributed by atoms with van der Waals surface area (Å²) in [5, 5.41) is 0.731. The van der Waals surface area contributed by atoms with E-state index in [-0.39, 0.29) is 0 Å². The minimum absolute atomic E-state index is 0.731. The average Bonchev–Trinajstić information content (AvgIpc) is 2.24. The Kier molecular flexibility index (Phi) is 3.81. The molecule has 0 bridgehead atoms. The van der Waals surface area contributed by atoms with Crippen LogP contribution in [0.3, 0.4) is 0 Å². The van der Waals surface area contributed by atoms with Gasteiger partial charge in [-0.2, -0.15) is 11.8 Å². The standard InChI is InChI=1S/C12H16ClNS/c13-11-4-3-10(12(14)7-11)6-9-2-1-5-15-8-9/h3-4,7,9H,1-2,5-6,8,14H2.